The molecule has 7 heteroatoms. The summed E-state index contributed by atoms with van der Waals surface area (Å²) in [5.41, 5.74) is 1.14. The SMILES string of the molecule is CN=C(NCc1ccc(N2CC(C)OC(C)C2)nc1)NCC(C)C.I. The van der Waals surface area contributed by atoms with Gasteiger partial charge in [-0.1, -0.05) is 19.9 Å². The van der Waals surface area contributed by atoms with E-state index in [1.807, 2.05) is 6.20 Å². The fourth-order valence-electron chi connectivity index (χ4n) is 2.78. The van der Waals surface area contributed by atoms with Gasteiger partial charge in [0.1, 0.15) is 5.82 Å². The lowest BCUT2D eigenvalue weighted by Gasteiger charge is -2.36. The van der Waals surface area contributed by atoms with Crippen molar-refractivity contribution in [3.05, 3.63) is 23.9 Å². The molecule has 2 unspecified atom stereocenters. The van der Waals surface area contributed by atoms with Crippen LogP contribution in [-0.2, 0) is 11.3 Å². The van der Waals surface area contributed by atoms with Crippen molar-refractivity contribution in [3.8, 4) is 0 Å². The molecule has 2 rings (SSSR count). The molecule has 25 heavy (non-hydrogen) atoms. The average Bonchev–Trinajstić information content (AvgIpc) is 2.54. The molecule has 1 aromatic heterocycles. The Labute approximate surface area is 168 Å². The third-order valence-corrected chi connectivity index (χ3v) is 3.91. The van der Waals surface area contributed by atoms with Gasteiger partial charge in [-0.05, 0) is 31.4 Å². The zero-order valence-corrected chi connectivity index (χ0v) is 18.3. The third-order valence-electron chi connectivity index (χ3n) is 3.91. The lowest BCUT2D eigenvalue weighted by molar-refractivity contribution is -0.00545. The smallest absolute Gasteiger partial charge is 0.191 e. The Hall–Kier alpha value is -1.09. The molecule has 0 aromatic carbocycles. The number of aromatic nitrogens is 1. The highest BCUT2D eigenvalue weighted by atomic mass is 127. The van der Waals surface area contributed by atoms with Crippen molar-refractivity contribution in [3.63, 3.8) is 0 Å². The molecule has 2 heterocycles. The summed E-state index contributed by atoms with van der Waals surface area (Å²) in [5, 5.41) is 6.63. The summed E-state index contributed by atoms with van der Waals surface area (Å²) in [5.74, 6) is 2.43. The van der Waals surface area contributed by atoms with Crippen LogP contribution in [-0.4, -0.2) is 49.8 Å². The third kappa shape index (κ3) is 7.35. The molecule has 0 amide bonds. The van der Waals surface area contributed by atoms with Crippen molar-refractivity contribution in [1.29, 1.82) is 0 Å². The quantitative estimate of drug-likeness (QED) is 0.401. The summed E-state index contributed by atoms with van der Waals surface area (Å²) in [6.45, 7) is 12.0. The van der Waals surface area contributed by atoms with E-state index in [1.54, 1.807) is 7.05 Å². The molecule has 142 valence electrons. The molecular formula is C18H32IN5O. The van der Waals surface area contributed by atoms with Crippen LogP contribution >= 0.6 is 24.0 Å². The van der Waals surface area contributed by atoms with E-state index in [0.29, 0.717) is 12.5 Å². The highest BCUT2D eigenvalue weighted by Crippen LogP contribution is 2.18. The summed E-state index contributed by atoms with van der Waals surface area (Å²) in [6, 6.07) is 4.21. The van der Waals surface area contributed by atoms with Crippen LogP contribution in [0.1, 0.15) is 33.3 Å². The number of guanidine groups is 1. The summed E-state index contributed by atoms with van der Waals surface area (Å²) in [6.07, 6.45) is 2.42. The minimum Gasteiger partial charge on any atom is -0.372 e. The average molecular weight is 461 g/mol. The Morgan fingerprint density at radius 1 is 1.28 bits per heavy atom. The van der Waals surface area contributed by atoms with E-state index in [4.69, 9.17) is 4.74 Å². The van der Waals surface area contributed by atoms with Crippen molar-refractivity contribution in [2.75, 3.05) is 31.6 Å². The molecule has 1 saturated heterocycles. The standard InChI is InChI=1S/C18H31N5O.HI/c1-13(2)8-21-18(19-5)22-10-16-6-7-17(20-9-16)23-11-14(3)24-15(4)12-23;/h6-7,9,13-15H,8,10-12H2,1-5H3,(H2,19,21,22);1H. The fraction of sp³-hybridized carbons (Fsp3) is 0.667. The van der Waals surface area contributed by atoms with Crippen molar-refractivity contribution >= 4 is 35.8 Å². The van der Waals surface area contributed by atoms with Crippen LogP contribution in [0.3, 0.4) is 0 Å². The van der Waals surface area contributed by atoms with Crippen LogP contribution in [0.2, 0.25) is 0 Å². The van der Waals surface area contributed by atoms with E-state index in [0.717, 1.165) is 37.0 Å². The van der Waals surface area contributed by atoms with E-state index in [-0.39, 0.29) is 36.2 Å². The number of nitrogens with one attached hydrogen (secondary N) is 2. The second-order valence-corrected chi connectivity index (χ2v) is 6.89. The maximum absolute atomic E-state index is 5.78. The van der Waals surface area contributed by atoms with E-state index in [2.05, 4.69) is 65.3 Å². The largest absolute Gasteiger partial charge is 0.372 e. The number of halogens is 1. The predicted octanol–water partition coefficient (Wildman–Crippen LogP) is 2.63. The Morgan fingerprint density at radius 3 is 2.48 bits per heavy atom. The number of hydrogen-bond acceptors (Lipinski definition) is 4. The van der Waals surface area contributed by atoms with Gasteiger partial charge in [-0.3, -0.25) is 4.99 Å². The molecule has 0 saturated carbocycles. The van der Waals surface area contributed by atoms with Gasteiger partial charge >= 0.3 is 0 Å². The van der Waals surface area contributed by atoms with E-state index < -0.39 is 0 Å². The van der Waals surface area contributed by atoms with E-state index >= 15 is 0 Å². The van der Waals surface area contributed by atoms with Gasteiger partial charge in [0, 0.05) is 39.4 Å². The first-order chi connectivity index (χ1) is 11.5. The number of rotatable bonds is 5. The summed E-state index contributed by atoms with van der Waals surface area (Å²) in [7, 11) is 1.79. The van der Waals surface area contributed by atoms with Gasteiger partial charge < -0.3 is 20.3 Å². The van der Waals surface area contributed by atoms with Gasteiger partial charge in [-0.2, -0.15) is 0 Å². The molecule has 1 aliphatic rings. The van der Waals surface area contributed by atoms with Crippen LogP contribution < -0.4 is 15.5 Å². The molecular weight excluding hydrogens is 429 g/mol. The van der Waals surface area contributed by atoms with Gasteiger partial charge in [0.05, 0.1) is 12.2 Å². The Bertz CT molecular complexity index is 525. The normalized spacial score (nSPS) is 21.0. The zero-order chi connectivity index (χ0) is 17.5. The second-order valence-electron chi connectivity index (χ2n) is 6.89. The minimum absolute atomic E-state index is 0. The Kier molecular flexibility index (Phi) is 9.48. The first-order valence-corrected chi connectivity index (χ1v) is 8.77. The van der Waals surface area contributed by atoms with E-state index in [1.165, 1.54) is 0 Å². The van der Waals surface area contributed by atoms with Gasteiger partial charge in [-0.15, -0.1) is 24.0 Å². The van der Waals surface area contributed by atoms with Crippen molar-refractivity contribution in [2.24, 2.45) is 10.9 Å². The molecule has 0 spiro atoms. The van der Waals surface area contributed by atoms with Gasteiger partial charge in [-0.25, -0.2) is 4.98 Å². The van der Waals surface area contributed by atoms with E-state index in [9.17, 15) is 0 Å². The summed E-state index contributed by atoms with van der Waals surface area (Å²) < 4.78 is 5.78. The molecule has 1 aliphatic heterocycles. The molecule has 2 atom stereocenters. The Morgan fingerprint density at radius 2 is 1.96 bits per heavy atom. The first kappa shape index (κ1) is 22.0. The van der Waals surface area contributed by atoms with Crippen LogP contribution in [0, 0.1) is 5.92 Å². The molecule has 0 bridgehead atoms. The maximum Gasteiger partial charge on any atom is 0.191 e. The first-order valence-electron chi connectivity index (χ1n) is 8.77. The van der Waals surface area contributed by atoms with Crippen LogP contribution in [0.15, 0.2) is 23.3 Å². The zero-order valence-electron chi connectivity index (χ0n) is 16.0. The molecule has 2 N–H and O–H groups in total. The molecule has 0 radical (unpaired) electrons. The number of hydrogen-bond donors (Lipinski definition) is 2. The number of morpholine rings is 1. The number of aliphatic imine (C=N–C) groups is 1. The highest BCUT2D eigenvalue weighted by molar-refractivity contribution is 14.0. The van der Waals surface area contributed by atoms with Crippen LogP contribution in [0.25, 0.3) is 0 Å². The predicted molar refractivity (Wildman–Crippen MR) is 115 cm³/mol. The molecule has 0 aliphatic carbocycles. The fourth-order valence-corrected chi connectivity index (χ4v) is 2.78. The maximum atomic E-state index is 5.78. The van der Waals surface area contributed by atoms with Crippen molar-refractivity contribution < 1.29 is 4.74 Å². The van der Waals surface area contributed by atoms with Gasteiger partial charge in [0.25, 0.3) is 0 Å². The number of anilines is 1. The number of pyridine rings is 1. The van der Waals surface area contributed by atoms with Gasteiger partial charge in [0.15, 0.2) is 5.96 Å². The monoisotopic (exact) mass is 461 g/mol. The number of nitrogens with zero attached hydrogens (tertiary/aromatic N) is 3. The summed E-state index contributed by atoms with van der Waals surface area (Å²) in [4.78, 5) is 11.1. The van der Waals surface area contributed by atoms with Crippen molar-refractivity contribution in [2.45, 2.75) is 46.4 Å². The lowest BCUT2D eigenvalue weighted by atomic mass is 10.2. The highest BCUT2D eigenvalue weighted by Gasteiger charge is 2.22. The summed E-state index contributed by atoms with van der Waals surface area (Å²) >= 11 is 0. The van der Waals surface area contributed by atoms with Crippen LogP contribution in [0.4, 0.5) is 5.82 Å². The topological polar surface area (TPSA) is 61.8 Å². The Balaban J connectivity index is 0.00000312. The molecule has 1 aromatic rings. The van der Waals surface area contributed by atoms with Gasteiger partial charge in [0.2, 0.25) is 0 Å². The molecule has 6 nitrogen and oxygen atoms in total. The van der Waals surface area contributed by atoms with Crippen molar-refractivity contribution in [1.82, 2.24) is 15.6 Å². The number of ether oxygens (including phenoxy) is 1. The van der Waals surface area contributed by atoms with Crippen LogP contribution in [0.5, 0.6) is 0 Å². The minimum atomic E-state index is 0. The molecule has 1 fully saturated rings. The second kappa shape index (κ2) is 10.8. The lowest BCUT2D eigenvalue weighted by Crippen LogP contribution is -2.45.